The van der Waals surface area contributed by atoms with E-state index in [0.717, 1.165) is 99.5 Å². The van der Waals surface area contributed by atoms with E-state index in [2.05, 4.69) is 225 Å². The first kappa shape index (κ1) is 37.4. The van der Waals surface area contributed by atoms with Crippen LogP contribution in [0.5, 0.6) is 0 Å². The third-order valence-electron chi connectivity index (χ3n) is 14.6. The molecule has 0 saturated carbocycles. The summed E-state index contributed by atoms with van der Waals surface area (Å²) in [6, 6.07) is 74.1. The van der Waals surface area contributed by atoms with Crippen LogP contribution in [0, 0.1) is 0 Å². The summed E-state index contributed by atoms with van der Waals surface area (Å²) in [6.07, 6.45) is 3.52. The summed E-state index contributed by atoms with van der Waals surface area (Å²) in [6.45, 7) is 0. The van der Waals surface area contributed by atoms with Crippen molar-refractivity contribution < 1.29 is 0 Å². The van der Waals surface area contributed by atoms with Crippen molar-refractivity contribution in [1.29, 1.82) is 0 Å². The Morgan fingerprint density at radius 2 is 0.529 bits per heavy atom. The minimum Gasteiger partial charge on any atom is -0.309 e. The van der Waals surface area contributed by atoms with Gasteiger partial charge in [-0.2, -0.15) is 0 Å². The van der Waals surface area contributed by atoms with Crippen LogP contribution in [0.15, 0.2) is 219 Å². The first-order chi connectivity index (χ1) is 34.7. The number of benzene rings is 9. The summed E-state index contributed by atoms with van der Waals surface area (Å²) in [5.74, 6) is 1.60. The summed E-state index contributed by atoms with van der Waals surface area (Å²) < 4.78 is 9.35. The third-order valence-corrected chi connectivity index (χ3v) is 14.6. The fourth-order valence-electron chi connectivity index (χ4n) is 11.7. The minimum absolute atomic E-state index is 0.768. The topological polar surface area (TPSA) is 71.3 Å². The molecule has 0 N–H and O–H groups in total. The van der Waals surface area contributed by atoms with Crippen molar-refractivity contribution in [3.63, 3.8) is 0 Å². The van der Waals surface area contributed by atoms with Crippen LogP contribution in [0.2, 0.25) is 0 Å². The Hall–Kier alpha value is -9.66. The van der Waals surface area contributed by atoms with Gasteiger partial charge in [0.2, 0.25) is 0 Å². The summed E-state index contributed by atoms with van der Waals surface area (Å²) in [4.78, 5) is 21.0. The molecule has 16 rings (SSSR count). The average molecular weight is 893 g/mol. The molecule has 7 heterocycles. The van der Waals surface area contributed by atoms with E-state index in [1.807, 2.05) is 0 Å². The van der Waals surface area contributed by atoms with Gasteiger partial charge in [0.1, 0.15) is 22.7 Å². The first-order valence-electron chi connectivity index (χ1n) is 23.6. The Bertz CT molecular complexity index is 4500. The van der Waals surface area contributed by atoms with Crippen LogP contribution in [0.25, 0.3) is 143 Å². The highest BCUT2D eigenvalue weighted by Crippen LogP contribution is 2.41. The molecule has 0 atom stereocenters. The molecule has 324 valence electrons. The Kier molecular flexibility index (Phi) is 7.46. The number of nitrogens with zero attached hydrogens (tertiary/aromatic N) is 8. The molecule has 0 fully saturated rings. The van der Waals surface area contributed by atoms with Gasteiger partial charge in [0.25, 0.3) is 0 Å². The van der Waals surface area contributed by atoms with Gasteiger partial charge in [-0.15, -0.1) is 0 Å². The molecule has 0 bridgehead atoms. The van der Waals surface area contributed by atoms with Gasteiger partial charge < -0.3 is 9.13 Å². The van der Waals surface area contributed by atoms with Gasteiger partial charge in [-0.1, -0.05) is 109 Å². The highest BCUT2D eigenvalue weighted by Gasteiger charge is 2.22. The van der Waals surface area contributed by atoms with Gasteiger partial charge >= 0.3 is 0 Å². The van der Waals surface area contributed by atoms with Crippen LogP contribution in [0.4, 0.5) is 0 Å². The molecule has 0 aliphatic heterocycles. The second-order valence-corrected chi connectivity index (χ2v) is 18.2. The lowest BCUT2D eigenvalue weighted by atomic mass is 10.1. The lowest BCUT2D eigenvalue weighted by Crippen LogP contribution is -2.02. The van der Waals surface area contributed by atoms with Crippen LogP contribution >= 0.6 is 0 Å². The number of aromatic nitrogens is 8. The molecule has 0 amide bonds. The molecule has 7 aromatic heterocycles. The third kappa shape index (κ3) is 5.03. The van der Waals surface area contributed by atoms with Crippen molar-refractivity contribution in [2.24, 2.45) is 0 Å². The lowest BCUT2D eigenvalue weighted by Gasteiger charge is -2.14. The highest BCUT2D eigenvalue weighted by molar-refractivity contribution is 6.21. The Morgan fingerprint density at radius 1 is 0.229 bits per heavy atom. The molecule has 0 radical (unpaired) electrons. The summed E-state index contributed by atoms with van der Waals surface area (Å²) >= 11 is 0. The van der Waals surface area contributed by atoms with Gasteiger partial charge in [-0.25, -0.2) is 9.97 Å². The van der Waals surface area contributed by atoms with Crippen molar-refractivity contribution in [1.82, 2.24) is 38.2 Å². The number of para-hydroxylation sites is 6. The zero-order chi connectivity index (χ0) is 45.6. The van der Waals surface area contributed by atoms with Gasteiger partial charge in [0.15, 0.2) is 0 Å². The average Bonchev–Trinajstić information content (AvgIpc) is 4.15. The number of hydrogen-bond acceptors (Lipinski definition) is 4. The van der Waals surface area contributed by atoms with Crippen molar-refractivity contribution in [3.8, 4) is 23.0 Å². The van der Waals surface area contributed by atoms with Crippen LogP contribution in [-0.4, -0.2) is 38.2 Å². The van der Waals surface area contributed by atoms with Gasteiger partial charge in [-0.3, -0.25) is 19.1 Å². The summed E-state index contributed by atoms with van der Waals surface area (Å²) in [5.41, 5.74) is 14.4. The quantitative estimate of drug-likeness (QED) is 0.165. The fraction of sp³-hybridized carbons (Fsp3) is 0. The summed E-state index contributed by atoms with van der Waals surface area (Å²) in [5, 5.41) is 11.4. The standard InChI is InChI=1S/C62H36N8/c1-7-19-49-39(13-1)40-14-2-8-20-50(40)67(49)37-25-29-55-47(35-37)43-17-5-11-23-53(43)69(55)57-31-27-45-59-60(64-34-33-63-59)46-28-32-58(66-62(46)61(45)65-57)70-54-24-12-6-18-44(54)48-36-38(26-30-56(48)70)68-51-21-9-3-15-41(51)42-16-4-10-22-52(42)68/h1-36H. The van der Waals surface area contributed by atoms with E-state index in [1.54, 1.807) is 12.4 Å². The monoisotopic (exact) mass is 892 g/mol. The maximum atomic E-state index is 5.60. The van der Waals surface area contributed by atoms with Crippen LogP contribution < -0.4 is 0 Å². The van der Waals surface area contributed by atoms with Crippen molar-refractivity contribution in [2.45, 2.75) is 0 Å². The van der Waals surface area contributed by atoms with E-state index in [0.29, 0.717) is 0 Å². The maximum absolute atomic E-state index is 5.60. The molecule has 0 unspecified atom stereocenters. The molecule has 70 heavy (non-hydrogen) atoms. The molecule has 16 aromatic rings. The number of fused-ring (bicyclic) bond motifs is 18. The summed E-state index contributed by atoms with van der Waals surface area (Å²) in [7, 11) is 0. The van der Waals surface area contributed by atoms with E-state index in [-0.39, 0.29) is 0 Å². The predicted octanol–water partition coefficient (Wildman–Crippen LogP) is 15.1. The Morgan fingerprint density at radius 3 is 0.886 bits per heavy atom. The normalized spacial score (nSPS) is 12.3. The molecule has 0 spiro atoms. The Balaban J connectivity index is 0.915. The van der Waals surface area contributed by atoms with E-state index in [1.165, 1.54) is 43.6 Å². The SMILES string of the molecule is c1ccc2c(c1)c1ccccc1n2-c1ccc2c(c1)c1ccccc1n2-c1ccc2c3nccnc3c3ccc(-n4c5ccccc5c5cc(-n6c7ccccc7c7ccccc76)ccc54)nc3c2n1. The smallest absolute Gasteiger partial charge is 0.138 e. The number of rotatable bonds is 4. The molecular formula is C62H36N8. The van der Waals surface area contributed by atoms with E-state index < -0.39 is 0 Å². The number of hydrogen-bond donors (Lipinski definition) is 0. The van der Waals surface area contributed by atoms with Gasteiger partial charge in [0.05, 0.1) is 55.2 Å². The molecule has 9 aromatic carbocycles. The molecule has 8 nitrogen and oxygen atoms in total. The fourth-order valence-corrected chi connectivity index (χ4v) is 11.7. The highest BCUT2D eigenvalue weighted by atomic mass is 15.1. The maximum Gasteiger partial charge on any atom is 0.138 e. The van der Waals surface area contributed by atoms with Crippen LogP contribution in [0.3, 0.4) is 0 Å². The Labute approximate surface area is 398 Å². The second kappa shape index (κ2) is 13.9. The minimum atomic E-state index is 0.768. The molecule has 0 aliphatic rings. The predicted molar refractivity (Wildman–Crippen MR) is 287 cm³/mol. The van der Waals surface area contributed by atoms with Gasteiger partial charge in [-0.05, 0) is 97.1 Å². The zero-order valence-corrected chi connectivity index (χ0v) is 37.4. The molecule has 0 aliphatic carbocycles. The lowest BCUT2D eigenvalue weighted by molar-refractivity contribution is 1.09. The molecular weight excluding hydrogens is 857 g/mol. The molecule has 8 heteroatoms. The number of pyridine rings is 2. The van der Waals surface area contributed by atoms with E-state index >= 15 is 0 Å². The second-order valence-electron chi connectivity index (χ2n) is 18.2. The first-order valence-corrected chi connectivity index (χ1v) is 23.6. The molecule has 0 saturated heterocycles. The van der Waals surface area contributed by atoms with Crippen molar-refractivity contribution >= 4 is 120 Å². The van der Waals surface area contributed by atoms with Crippen molar-refractivity contribution in [2.75, 3.05) is 0 Å². The van der Waals surface area contributed by atoms with Gasteiger partial charge in [0, 0.05) is 77.6 Å². The van der Waals surface area contributed by atoms with Crippen LogP contribution in [0.1, 0.15) is 0 Å². The van der Waals surface area contributed by atoms with Crippen LogP contribution in [-0.2, 0) is 0 Å². The zero-order valence-electron chi connectivity index (χ0n) is 37.4. The van der Waals surface area contributed by atoms with E-state index in [9.17, 15) is 0 Å². The van der Waals surface area contributed by atoms with Crippen molar-refractivity contribution in [3.05, 3.63) is 219 Å². The largest absolute Gasteiger partial charge is 0.309 e. The van der Waals surface area contributed by atoms with E-state index in [4.69, 9.17) is 19.9 Å².